The number of imide groups is 1. The Morgan fingerprint density at radius 2 is 1.96 bits per heavy atom. The van der Waals surface area contributed by atoms with E-state index in [-0.39, 0.29) is 24.8 Å². The van der Waals surface area contributed by atoms with Gasteiger partial charge < -0.3 is 14.2 Å². The first-order chi connectivity index (χ1) is 12.6. The minimum absolute atomic E-state index is 0.185. The van der Waals surface area contributed by atoms with Crippen LogP contribution in [0.15, 0.2) is 18.2 Å². The molecule has 2 aliphatic rings. The summed E-state index contributed by atoms with van der Waals surface area (Å²) in [4.78, 5) is 38.1. The summed E-state index contributed by atoms with van der Waals surface area (Å²) in [6, 6.07) is 5.49. The van der Waals surface area contributed by atoms with Gasteiger partial charge in [-0.3, -0.25) is 9.59 Å². The molecule has 27 heavy (non-hydrogen) atoms. The van der Waals surface area contributed by atoms with E-state index in [2.05, 4.69) is 0 Å². The lowest BCUT2D eigenvalue weighted by Crippen LogP contribution is -2.48. The van der Waals surface area contributed by atoms with E-state index >= 15 is 0 Å². The predicted octanol–water partition coefficient (Wildman–Crippen LogP) is 2.80. The van der Waals surface area contributed by atoms with Crippen LogP contribution in [0.3, 0.4) is 0 Å². The van der Waals surface area contributed by atoms with E-state index < -0.39 is 17.1 Å². The van der Waals surface area contributed by atoms with Crippen molar-refractivity contribution in [3.8, 4) is 0 Å². The molecule has 0 radical (unpaired) electrons. The van der Waals surface area contributed by atoms with Crippen LogP contribution in [-0.4, -0.2) is 48.3 Å². The molecule has 1 saturated heterocycles. The first-order valence-corrected chi connectivity index (χ1v) is 9.07. The molecule has 0 N–H and O–H groups in total. The maximum atomic E-state index is 12.7. The third-order valence-corrected chi connectivity index (χ3v) is 4.68. The second-order valence-electron chi connectivity index (χ2n) is 8.00. The predicted molar refractivity (Wildman–Crippen MR) is 96.3 cm³/mol. The number of esters is 1. The van der Waals surface area contributed by atoms with Crippen LogP contribution in [0, 0.1) is 0 Å². The fourth-order valence-corrected chi connectivity index (χ4v) is 3.30. The first kappa shape index (κ1) is 19.4. The number of nitrogens with zero attached hydrogens (tertiary/aromatic N) is 1. The van der Waals surface area contributed by atoms with E-state index in [1.165, 1.54) is 0 Å². The summed E-state index contributed by atoms with van der Waals surface area (Å²) in [5, 5.41) is 0. The third kappa shape index (κ3) is 3.83. The summed E-state index contributed by atoms with van der Waals surface area (Å²) in [6.45, 7) is 8.34. The van der Waals surface area contributed by atoms with Crippen molar-refractivity contribution in [2.24, 2.45) is 0 Å². The van der Waals surface area contributed by atoms with Gasteiger partial charge in [0.05, 0.1) is 38.2 Å². The van der Waals surface area contributed by atoms with E-state index in [1.54, 1.807) is 33.8 Å². The minimum Gasteiger partial charge on any atom is -0.466 e. The van der Waals surface area contributed by atoms with Crippen LogP contribution in [0.25, 0.3) is 0 Å². The molecule has 0 bridgehead atoms. The fraction of sp³-hybridized carbons (Fsp3) is 0.550. The van der Waals surface area contributed by atoms with Crippen LogP contribution in [0.1, 0.15) is 55.6 Å². The fourth-order valence-electron chi connectivity index (χ4n) is 3.30. The molecule has 3 rings (SSSR count). The van der Waals surface area contributed by atoms with Gasteiger partial charge in [0.2, 0.25) is 0 Å². The zero-order chi connectivity index (χ0) is 19.8. The van der Waals surface area contributed by atoms with E-state index in [9.17, 15) is 14.4 Å². The summed E-state index contributed by atoms with van der Waals surface area (Å²) in [6.07, 6.45) is -0.456. The van der Waals surface area contributed by atoms with Crippen molar-refractivity contribution in [3.05, 3.63) is 34.9 Å². The monoisotopic (exact) mass is 375 g/mol. The van der Waals surface area contributed by atoms with E-state index in [0.717, 1.165) is 16.0 Å². The number of hydrogen-bond acceptors (Lipinski definition) is 6. The zero-order valence-corrected chi connectivity index (χ0v) is 16.2. The van der Waals surface area contributed by atoms with Crippen LogP contribution in [0.4, 0.5) is 4.79 Å². The highest BCUT2D eigenvalue weighted by Crippen LogP contribution is 2.38. The van der Waals surface area contributed by atoms with Crippen molar-refractivity contribution in [3.63, 3.8) is 0 Å². The second kappa shape index (κ2) is 6.96. The van der Waals surface area contributed by atoms with Gasteiger partial charge >= 0.3 is 12.1 Å². The first-order valence-electron chi connectivity index (χ1n) is 9.07. The summed E-state index contributed by atoms with van der Waals surface area (Å²) in [5.74, 6) is -0.671. The molecule has 0 spiro atoms. The molecule has 2 aliphatic heterocycles. The average molecular weight is 375 g/mol. The minimum atomic E-state index is -0.676. The Labute approximate surface area is 158 Å². The van der Waals surface area contributed by atoms with Crippen molar-refractivity contribution in [1.82, 2.24) is 4.90 Å². The van der Waals surface area contributed by atoms with E-state index in [0.29, 0.717) is 25.4 Å². The van der Waals surface area contributed by atoms with Gasteiger partial charge in [-0.25, -0.2) is 9.69 Å². The normalized spacial score (nSPS) is 17.9. The molecule has 0 unspecified atom stereocenters. The lowest BCUT2D eigenvalue weighted by Gasteiger charge is -2.41. The number of benzene rings is 1. The summed E-state index contributed by atoms with van der Waals surface area (Å²) in [7, 11) is 0. The van der Waals surface area contributed by atoms with Gasteiger partial charge in [-0.1, -0.05) is 12.1 Å². The quantitative estimate of drug-likeness (QED) is 0.753. The Hall–Kier alpha value is -2.41. The largest absolute Gasteiger partial charge is 0.466 e. The van der Waals surface area contributed by atoms with Gasteiger partial charge in [-0.2, -0.15) is 0 Å². The van der Waals surface area contributed by atoms with Crippen molar-refractivity contribution >= 4 is 18.0 Å². The van der Waals surface area contributed by atoms with Crippen LogP contribution in [0.2, 0.25) is 0 Å². The SMILES string of the molecule is CCOC(=O)CC1(c2ccc3c(c2)C(=O)N(C(=O)OC(C)(C)C)C3)COC1. The number of carbonyl (C=O) groups is 3. The van der Waals surface area contributed by atoms with Crippen LogP contribution >= 0.6 is 0 Å². The Balaban J connectivity index is 1.82. The summed E-state index contributed by atoms with van der Waals surface area (Å²) in [5.41, 5.74) is 0.917. The highest BCUT2D eigenvalue weighted by atomic mass is 16.6. The topological polar surface area (TPSA) is 82.1 Å². The lowest BCUT2D eigenvalue weighted by atomic mass is 9.75. The van der Waals surface area contributed by atoms with Gasteiger partial charge in [-0.05, 0) is 44.9 Å². The van der Waals surface area contributed by atoms with Crippen molar-refractivity contribution in [2.45, 2.75) is 51.7 Å². The molecule has 0 atom stereocenters. The van der Waals surface area contributed by atoms with Crippen LogP contribution in [-0.2, 0) is 31.0 Å². The molecule has 0 aliphatic carbocycles. The number of carbonyl (C=O) groups excluding carboxylic acids is 3. The highest BCUT2D eigenvalue weighted by molar-refractivity contribution is 6.06. The Morgan fingerprint density at radius 3 is 2.52 bits per heavy atom. The highest BCUT2D eigenvalue weighted by Gasteiger charge is 2.44. The molecule has 1 aromatic carbocycles. The molecule has 146 valence electrons. The maximum absolute atomic E-state index is 12.7. The molecule has 1 aromatic rings. The summed E-state index contributed by atoms with van der Waals surface area (Å²) >= 11 is 0. The molecule has 2 amide bonds. The molecular formula is C20H25NO6. The Kier molecular flexibility index (Phi) is 4.99. The standard InChI is InChI=1S/C20H25NO6/c1-5-26-16(22)9-20(11-25-12-20)14-7-6-13-10-21(17(23)15(13)8-14)18(24)27-19(2,3)4/h6-8H,5,9-12H2,1-4H3. The van der Waals surface area contributed by atoms with Gasteiger partial charge in [0.15, 0.2) is 0 Å². The van der Waals surface area contributed by atoms with E-state index in [4.69, 9.17) is 14.2 Å². The molecule has 1 fully saturated rings. The van der Waals surface area contributed by atoms with Gasteiger partial charge in [0.1, 0.15) is 5.60 Å². The average Bonchev–Trinajstić information content (AvgIpc) is 2.86. The zero-order valence-electron chi connectivity index (χ0n) is 16.2. The van der Waals surface area contributed by atoms with Crippen molar-refractivity contribution in [2.75, 3.05) is 19.8 Å². The number of ether oxygens (including phenoxy) is 3. The number of rotatable bonds is 4. The molecule has 0 aromatic heterocycles. The maximum Gasteiger partial charge on any atom is 0.417 e. The molecule has 7 heteroatoms. The molecular weight excluding hydrogens is 350 g/mol. The van der Waals surface area contributed by atoms with Gasteiger partial charge in [-0.15, -0.1) is 0 Å². The molecule has 7 nitrogen and oxygen atoms in total. The van der Waals surface area contributed by atoms with E-state index in [1.807, 2.05) is 12.1 Å². The third-order valence-electron chi connectivity index (χ3n) is 4.68. The van der Waals surface area contributed by atoms with Crippen LogP contribution < -0.4 is 0 Å². The number of hydrogen-bond donors (Lipinski definition) is 0. The molecule has 0 saturated carbocycles. The summed E-state index contributed by atoms with van der Waals surface area (Å²) < 4.78 is 15.7. The second-order valence-corrected chi connectivity index (χ2v) is 8.00. The van der Waals surface area contributed by atoms with Gasteiger partial charge in [0.25, 0.3) is 5.91 Å². The van der Waals surface area contributed by atoms with Crippen molar-refractivity contribution in [1.29, 1.82) is 0 Å². The Bertz CT molecular complexity index is 775. The molecule has 2 heterocycles. The smallest absolute Gasteiger partial charge is 0.417 e. The number of amides is 2. The van der Waals surface area contributed by atoms with Crippen molar-refractivity contribution < 1.29 is 28.6 Å². The lowest BCUT2D eigenvalue weighted by molar-refractivity contribution is -0.151. The van der Waals surface area contributed by atoms with Gasteiger partial charge in [0, 0.05) is 5.56 Å². The van der Waals surface area contributed by atoms with Crippen LogP contribution in [0.5, 0.6) is 0 Å². The Morgan fingerprint density at radius 1 is 1.26 bits per heavy atom. The number of fused-ring (bicyclic) bond motifs is 1.